The molecule has 3 aromatic rings. The molecule has 1 amide bonds. The predicted octanol–water partition coefficient (Wildman–Crippen LogP) is 3.67. The zero-order valence-corrected chi connectivity index (χ0v) is 17.7. The lowest BCUT2D eigenvalue weighted by Crippen LogP contribution is -2.35. The van der Waals surface area contributed by atoms with Gasteiger partial charge in [0.25, 0.3) is 15.9 Å². The van der Waals surface area contributed by atoms with Crippen molar-refractivity contribution in [2.24, 2.45) is 0 Å². The van der Waals surface area contributed by atoms with Crippen molar-refractivity contribution in [2.45, 2.75) is 31.1 Å². The first-order chi connectivity index (χ1) is 14.3. The van der Waals surface area contributed by atoms with Crippen molar-refractivity contribution < 1.29 is 22.0 Å². The number of benzene rings is 1. The lowest BCUT2D eigenvalue weighted by Gasteiger charge is -2.24. The molecule has 0 atom stereocenters. The predicted molar refractivity (Wildman–Crippen MR) is 109 cm³/mol. The second-order valence-corrected chi connectivity index (χ2v) is 9.82. The molecule has 0 radical (unpaired) electrons. The number of aromatic nitrogens is 2. The van der Waals surface area contributed by atoms with Crippen molar-refractivity contribution in [3.8, 4) is 10.8 Å². The Morgan fingerprint density at radius 2 is 1.87 bits per heavy atom. The van der Waals surface area contributed by atoms with Crippen LogP contribution < -0.4 is 4.72 Å². The van der Waals surface area contributed by atoms with Crippen LogP contribution in [0.15, 0.2) is 39.6 Å². The number of nitrogens with zero attached hydrogens (tertiary/aromatic N) is 3. The van der Waals surface area contributed by atoms with Gasteiger partial charge in [0.1, 0.15) is 10.7 Å². The van der Waals surface area contributed by atoms with Crippen molar-refractivity contribution in [3.63, 3.8) is 0 Å². The molecule has 3 heterocycles. The smallest absolute Gasteiger partial charge is 0.311 e. The molecule has 0 unspecified atom stereocenters. The Bertz CT molecular complexity index is 1170. The van der Waals surface area contributed by atoms with Gasteiger partial charge in [-0.1, -0.05) is 0 Å². The van der Waals surface area contributed by atoms with Crippen LogP contribution in [0, 0.1) is 12.7 Å². The first-order valence-corrected chi connectivity index (χ1v) is 11.7. The first kappa shape index (κ1) is 20.5. The van der Waals surface area contributed by atoms with Crippen LogP contribution in [0.5, 0.6) is 0 Å². The Balaban J connectivity index is 1.56. The molecular formula is C19H19FN4O4S2. The molecule has 30 heavy (non-hydrogen) atoms. The molecule has 1 fully saturated rings. The maximum atomic E-state index is 13.0. The van der Waals surface area contributed by atoms with E-state index >= 15 is 0 Å². The fraction of sp³-hybridized carbons (Fsp3) is 0.316. The van der Waals surface area contributed by atoms with Crippen LogP contribution in [-0.4, -0.2) is 42.5 Å². The topological polar surface area (TPSA) is 105 Å². The van der Waals surface area contributed by atoms with Gasteiger partial charge in [0.2, 0.25) is 0 Å². The van der Waals surface area contributed by atoms with Gasteiger partial charge < -0.3 is 9.32 Å². The molecule has 1 aromatic carbocycles. The van der Waals surface area contributed by atoms with Gasteiger partial charge in [0, 0.05) is 23.7 Å². The lowest BCUT2D eigenvalue weighted by molar-refractivity contribution is 0.0684. The van der Waals surface area contributed by atoms with Gasteiger partial charge in [-0.05, 0) is 56.5 Å². The monoisotopic (exact) mass is 450 g/mol. The molecule has 8 nitrogen and oxygen atoms in total. The van der Waals surface area contributed by atoms with Crippen molar-refractivity contribution >= 4 is 33.0 Å². The largest absolute Gasteiger partial charge is 0.411 e. The molecule has 2 aromatic heterocycles. The summed E-state index contributed by atoms with van der Waals surface area (Å²) in [4.78, 5) is 15.2. The number of piperidine rings is 1. The summed E-state index contributed by atoms with van der Waals surface area (Å²) in [5, 5.41) is 7.76. The molecule has 158 valence electrons. The number of halogens is 1. The lowest BCUT2D eigenvalue weighted by atomic mass is 10.1. The fourth-order valence-electron chi connectivity index (χ4n) is 3.21. The van der Waals surface area contributed by atoms with E-state index in [2.05, 4.69) is 14.9 Å². The molecular weight excluding hydrogens is 431 g/mol. The van der Waals surface area contributed by atoms with E-state index in [1.54, 1.807) is 11.8 Å². The van der Waals surface area contributed by atoms with Gasteiger partial charge >= 0.3 is 11.8 Å². The van der Waals surface area contributed by atoms with Gasteiger partial charge in [0.15, 0.2) is 0 Å². The third-order valence-corrected chi connectivity index (χ3v) is 7.40. The van der Waals surface area contributed by atoms with E-state index < -0.39 is 15.8 Å². The summed E-state index contributed by atoms with van der Waals surface area (Å²) in [6.07, 6.45) is 2.98. The highest BCUT2D eigenvalue weighted by molar-refractivity contribution is 7.93. The minimum Gasteiger partial charge on any atom is -0.411 e. The highest BCUT2D eigenvalue weighted by atomic mass is 32.2. The highest BCUT2D eigenvalue weighted by Crippen LogP contribution is 2.34. The average molecular weight is 451 g/mol. The Morgan fingerprint density at radius 3 is 2.57 bits per heavy atom. The number of anilines is 1. The number of amides is 1. The number of hydrogen-bond acceptors (Lipinski definition) is 7. The number of sulfonamides is 1. The van der Waals surface area contributed by atoms with E-state index in [0.717, 1.165) is 19.3 Å². The summed E-state index contributed by atoms with van der Waals surface area (Å²) in [7, 11) is -3.90. The minimum absolute atomic E-state index is 0.0499. The Kier molecular flexibility index (Phi) is 5.56. The number of nitrogens with one attached hydrogen (secondary N) is 1. The van der Waals surface area contributed by atoms with Crippen LogP contribution in [0.25, 0.3) is 10.8 Å². The van der Waals surface area contributed by atoms with Gasteiger partial charge in [0.05, 0.1) is 4.88 Å². The summed E-state index contributed by atoms with van der Waals surface area (Å²) < 4.78 is 46.5. The SMILES string of the molecule is Cc1sc(-c2nnc(C(=O)N3CCCCC3)o2)cc1S(=O)(=O)Nc1ccc(F)cc1. The van der Waals surface area contributed by atoms with Crippen molar-refractivity contribution in [3.05, 3.63) is 46.9 Å². The van der Waals surface area contributed by atoms with Gasteiger partial charge in [-0.3, -0.25) is 9.52 Å². The maximum Gasteiger partial charge on any atom is 0.311 e. The van der Waals surface area contributed by atoms with Crippen molar-refractivity contribution in [1.29, 1.82) is 0 Å². The quantitative estimate of drug-likeness (QED) is 0.636. The van der Waals surface area contributed by atoms with Crippen molar-refractivity contribution in [2.75, 3.05) is 17.8 Å². The second kappa shape index (κ2) is 8.15. The number of carbonyl (C=O) groups is 1. The molecule has 0 bridgehead atoms. The summed E-state index contributed by atoms with van der Waals surface area (Å²) >= 11 is 1.17. The third kappa shape index (κ3) is 4.21. The zero-order valence-electron chi connectivity index (χ0n) is 16.1. The summed E-state index contributed by atoms with van der Waals surface area (Å²) in [6, 6.07) is 6.44. The summed E-state index contributed by atoms with van der Waals surface area (Å²) in [5.74, 6) is -0.788. The number of hydrogen-bond donors (Lipinski definition) is 1. The minimum atomic E-state index is -3.90. The van der Waals surface area contributed by atoms with E-state index in [1.165, 1.54) is 41.7 Å². The van der Waals surface area contributed by atoms with E-state index in [1.807, 2.05) is 0 Å². The number of aryl methyl sites for hydroxylation is 1. The van der Waals surface area contributed by atoms with E-state index in [9.17, 15) is 17.6 Å². The average Bonchev–Trinajstić information content (AvgIpc) is 3.37. The molecule has 11 heteroatoms. The number of likely N-dealkylation sites (tertiary alicyclic amines) is 1. The zero-order chi connectivity index (χ0) is 21.3. The third-order valence-electron chi connectivity index (χ3n) is 4.72. The summed E-state index contributed by atoms with van der Waals surface area (Å²) in [5.41, 5.74) is 0.246. The van der Waals surface area contributed by atoms with Crippen LogP contribution in [0.4, 0.5) is 10.1 Å². The van der Waals surface area contributed by atoms with Crippen LogP contribution in [-0.2, 0) is 10.0 Å². The Morgan fingerprint density at radius 1 is 1.17 bits per heavy atom. The molecule has 1 aliphatic heterocycles. The second-order valence-electron chi connectivity index (χ2n) is 6.91. The van der Waals surface area contributed by atoms with Gasteiger partial charge in [-0.15, -0.1) is 21.5 Å². The molecule has 0 saturated carbocycles. The van der Waals surface area contributed by atoms with Gasteiger partial charge in [-0.2, -0.15) is 0 Å². The molecule has 0 aliphatic carbocycles. The fourth-order valence-corrected chi connectivity index (χ4v) is 5.78. The highest BCUT2D eigenvalue weighted by Gasteiger charge is 2.26. The molecule has 1 N–H and O–H groups in total. The normalized spacial score (nSPS) is 14.7. The summed E-state index contributed by atoms with van der Waals surface area (Å²) in [6.45, 7) is 2.97. The van der Waals surface area contributed by atoms with Crippen molar-refractivity contribution in [1.82, 2.24) is 15.1 Å². The number of carbonyl (C=O) groups excluding carboxylic acids is 1. The Labute approximate surface area is 176 Å². The van der Waals surface area contributed by atoms with Crippen LogP contribution in [0.3, 0.4) is 0 Å². The van der Waals surface area contributed by atoms with Gasteiger partial charge in [-0.25, -0.2) is 12.8 Å². The van der Waals surface area contributed by atoms with E-state index in [4.69, 9.17) is 4.42 Å². The van der Waals surface area contributed by atoms with E-state index in [-0.39, 0.29) is 28.3 Å². The van der Waals surface area contributed by atoms with Crippen LogP contribution in [0.2, 0.25) is 0 Å². The number of thiophene rings is 1. The Hall–Kier alpha value is -2.79. The molecule has 1 saturated heterocycles. The molecule has 4 rings (SSSR count). The standard InChI is InChI=1S/C19H19FN4O4S2/c1-12-16(30(26,27)23-14-7-5-13(20)6-8-14)11-15(29-12)17-21-22-18(28-17)19(25)24-9-3-2-4-10-24/h5-8,11,23H,2-4,9-10H2,1H3. The number of rotatable bonds is 5. The first-order valence-electron chi connectivity index (χ1n) is 9.35. The maximum absolute atomic E-state index is 13.0. The van der Waals surface area contributed by atoms with E-state index in [0.29, 0.717) is 22.8 Å². The molecule has 1 aliphatic rings. The van der Waals surface area contributed by atoms with Crippen LogP contribution in [0.1, 0.15) is 34.8 Å². The van der Waals surface area contributed by atoms with Crippen LogP contribution >= 0.6 is 11.3 Å². The molecule has 0 spiro atoms.